The van der Waals surface area contributed by atoms with E-state index in [9.17, 15) is 0 Å². The molecule has 1 unspecified atom stereocenters. The molecule has 0 saturated heterocycles. The Kier molecular flexibility index (Phi) is 4.10. The van der Waals surface area contributed by atoms with Crippen molar-refractivity contribution in [3.8, 4) is 0 Å². The molecule has 17 heavy (non-hydrogen) atoms. The summed E-state index contributed by atoms with van der Waals surface area (Å²) in [5.41, 5.74) is 2.41. The van der Waals surface area contributed by atoms with Gasteiger partial charge in [-0.05, 0) is 44.0 Å². The molecule has 2 nitrogen and oxygen atoms in total. The van der Waals surface area contributed by atoms with Crippen molar-refractivity contribution in [2.24, 2.45) is 0 Å². The van der Waals surface area contributed by atoms with E-state index >= 15 is 0 Å². The van der Waals surface area contributed by atoms with Crippen molar-refractivity contribution in [2.45, 2.75) is 32.7 Å². The molecular formula is C15H20N2. The van der Waals surface area contributed by atoms with Crippen LogP contribution in [0.4, 0.5) is 0 Å². The lowest BCUT2D eigenvalue weighted by Crippen LogP contribution is -2.25. The third-order valence-corrected chi connectivity index (χ3v) is 3.07. The summed E-state index contributed by atoms with van der Waals surface area (Å²) in [7, 11) is 0. The molecule has 1 atom stereocenters. The molecule has 0 aliphatic carbocycles. The quantitative estimate of drug-likeness (QED) is 0.850. The molecule has 0 spiro atoms. The van der Waals surface area contributed by atoms with Crippen LogP contribution in [0.2, 0.25) is 0 Å². The lowest BCUT2D eigenvalue weighted by atomic mass is 10.1. The molecule has 1 heterocycles. The lowest BCUT2D eigenvalue weighted by Gasteiger charge is -2.11. The van der Waals surface area contributed by atoms with Gasteiger partial charge in [0.2, 0.25) is 0 Å². The van der Waals surface area contributed by atoms with E-state index in [2.05, 4.69) is 48.4 Å². The van der Waals surface area contributed by atoms with Gasteiger partial charge in [0, 0.05) is 17.6 Å². The number of nitrogens with one attached hydrogen (secondary N) is 1. The number of aromatic nitrogens is 1. The standard InChI is InChI=1S/C15H20N2/c1-3-16-12(2)8-9-13-10-14-6-4-5-7-15(14)17-11-13/h4-7,10-12,16H,3,8-9H2,1-2H3. The Balaban J connectivity index is 2.04. The predicted molar refractivity (Wildman–Crippen MR) is 73.2 cm³/mol. The van der Waals surface area contributed by atoms with Gasteiger partial charge in [0.05, 0.1) is 5.52 Å². The molecule has 2 rings (SSSR count). The van der Waals surface area contributed by atoms with Gasteiger partial charge in [-0.15, -0.1) is 0 Å². The minimum absolute atomic E-state index is 0.575. The highest BCUT2D eigenvalue weighted by Gasteiger charge is 2.02. The zero-order chi connectivity index (χ0) is 12.1. The van der Waals surface area contributed by atoms with Gasteiger partial charge >= 0.3 is 0 Å². The topological polar surface area (TPSA) is 24.9 Å². The maximum Gasteiger partial charge on any atom is 0.0702 e. The summed E-state index contributed by atoms with van der Waals surface area (Å²) < 4.78 is 0. The largest absolute Gasteiger partial charge is 0.315 e. The Labute approximate surface area is 103 Å². The molecule has 90 valence electrons. The first-order valence-corrected chi connectivity index (χ1v) is 6.36. The van der Waals surface area contributed by atoms with Gasteiger partial charge in [-0.25, -0.2) is 0 Å². The summed E-state index contributed by atoms with van der Waals surface area (Å²) in [6.45, 7) is 5.42. The molecule has 0 aliphatic heterocycles. The SMILES string of the molecule is CCNC(C)CCc1cnc2ccccc2c1. The lowest BCUT2D eigenvalue weighted by molar-refractivity contribution is 0.530. The van der Waals surface area contributed by atoms with Gasteiger partial charge < -0.3 is 5.32 Å². The van der Waals surface area contributed by atoms with Crippen molar-refractivity contribution in [3.63, 3.8) is 0 Å². The zero-order valence-corrected chi connectivity index (χ0v) is 10.6. The first kappa shape index (κ1) is 12.1. The number of pyridine rings is 1. The summed E-state index contributed by atoms with van der Waals surface area (Å²) in [4.78, 5) is 4.48. The van der Waals surface area contributed by atoms with Crippen molar-refractivity contribution in [1.29, 1.82) is 0 Å². The molecule has 2 heteroatoms. The first-order chi connectivity index (χ1) is 8.29. The van der Waals surface area contributed by atoms with Crippen molar-refractivity contribution in [2.75, 3.05) is 6.54 Å². The van der Waals surface area contributed by atoms with Crippen LogP contribution in [0, 0.1) is 0 Å². The van der Waals surface area contributed by atoms with Gasteiger partial charge in [0.25, 0.3) is 0 Å². The number of hydrogen-bond donors (Lipinski definition) is 1. The second-order valence-electron chi connectivity index (χ2n) is 4.53. The maximum atomic E-state index is 4.48. The summed E-state index contributed by atoms with van der Waals surface area (Å²) in [6, 6.07) is 11.1. The summed E-state index contributed by atoms with van der Waals surface area (Å²) in [5, 5.41) is 4.67. The third-order valence-electron chi connectivity index (χ3n) is 3.07. The maximum absolute atomic E-state index is 4.48. The Bertz CT molecular complexity index is 479. The highest BCUT2D eigenvalue weighted by molar-refractivity contribution is 5.78. The average molecular weight is 228 g/mol. The van der Waals surface area contributed by atoms with Crippen LogP contribution in [-0.4, -0.2) is 17.6 Å². The third kappa shape index (κ3) is 3.27. The minimum atomic E-state index is 0.575. The van der Waals surface area contributed by atoms with Crippen LogP contribution in [0.25, 0.3) is 10.9 Å². The number of para-hydroxylation sites is 1. The molecule has 0 radical (unpaired) electrons. The van der Waals surface area contributed by atoms with Crippen LogP contribution >= 0.6 is 0 Å². The number of aryl methyl sites for hydroxylation is 1. The molecule has 0 fully saturated rings. The van der Waals surface area contributed by atoms with Crippen LogP contribution in [0.3, 0.4) is 0 Å². The molecule has 0 aliphatic rings. The second kappa shape index (κ2) is 5.78. The van der Waals surface area contributed by atoms with Gasteiger partial charge in [-0.2, -0.15) is 0 Å². The number of hydrogen-bond acceptors (Lipinski definition) is 2. The normalized spacial score (nSPS) is 12.8. The molecule has 0 bridgehead atoms. The fourth-order valence-corrected chi connectivity index (χ4v) is 2.09. The minimum Gasteiger partial charge on any atom is -0.315 e. The van der Waals surface area contributed by atoms with E-state index in [-0.39, 0.29) is 0 Å². The Morgan fingerprint density at radius 2 is 2.12 bits per heavy atom. The fourth-order valence-electron chi connectivity index (χ4n) is 2.09. The van der Waals surface area contributed by atoms with Crippen LogP contribution in [0.5, 0.6) is 0 Å². The Morgan fingerprint density at radius 1 is 1.29 bits per heavy atom. The van der Waals surface area contributed by atoms with Gasteiger partial charge in [-0.1, -0.05) is 25.1 Å². The zero-order valence-electron chi connectivity index (χ0n) is 10.6. The van der Waals surface area contributed by atoms with Crippen LogP contribution in [-0.2, 0) is 6.42 Å². The van der Waals surface area contributed by atoms with E-state index in [1.54, 1.807) is 0 Å². The summed E-state index contributed by atoms with van der Waals surface area (Å²) in [5.74, 6) is 0. The van der Waals surface area contributed by atoms with Gasteiger partial charge in [0.15, 0.2) is 0 Å². The van der Waals surface area contributed by atoms with E-state index in [1.165, 1.54) is 10.9 Å². The van der Waals surface area contributed by atoms with E-state index < -0.39 is 0 Å². The van der Waals surface area contributed by atoms with Crippen LogP contribution < -0.4 is 5.32 Å². The number of nitrogens with zero attached hydrogens (tertiary/aromatic N) is 1. The van der Waals surface area contributed by atoms with E-state index in [0.717, 1.165) is 24.9 Å². The van der Waals surface area contributed by atoms with E-state index in [4.69, 9.17) is 0 Å². The molecule has 0 amide bonds. The molecule has 0 saturated carbocycles. The Morgan fingerprint density at radius 3 is 2.94 bits per heavy atom. The molecule has 2 aromatic rings. The van der Waals surface area contributed by atoms with Crippen LogP contribution in [0.1, 0.15) is 25.8 Å². The first-order valence-electron chi connectivity index (χ1n) is 6.36. The van der Waals surface area contributed by atoms with Crippen LogP contribution in [0.15, 0.2) is 36.5 Å². The average Bonchev–Trinajstić information content (AvgIpc) is 2.36. The number of fused-ring (bicyclic) bond motifs is 1. The number of rotatable bonds is 5. The van der Waals surface area contributed by atoms with Crippen molar-refractivity contribution in [1.82, 2.24) is 10.3 Å². The highest BCUT2D eigenvalue weighted by atomic mass is 14.9. The summed E-state index contributed by atoms with van der Waals surface area (Å²) in [6.07, 6.45) is 4.25. The fraction of sp³-hybridized carbons (Fsp3) is 0.400. The molecule has 1 N–H and O–H groups in total. The number of benzene rings is 1. The van der Waals surface area contributed by atoms with Crippen molar-refractivity contribution >= 4 is 10.9 Å². The predicted octanol–water partition coefficient (Wildman–Crippen LogP) is 3.17. The smallest absolute Gasteiger partial charge is 0.0702 e. The van der Waals surface area contributed by atoms with Crippen molar-refractivity contribution in [3.05, 3.63) is 42.1 Å². The van der Waals surface area contributed by atoms with E-state index in [1.807, 2.05) is 12.3 Å². The summed E-state index contributed by atoms with van der Waals surface area (Å²) >= 11 is 0. The molecule has 1 aromatic carbocycles. The van der Waals surface area contributed by atoms with Gasteiger partial charge in [-0.3, -0.25) is 4.98 Å². The Hall–Kier alpha value is -1.41. The second-order valence-corrected chi connectivity index (χ2v) is 4.53. The molecule has 1 aromatic heterocycles. The van der Waals surface area contributed by atoms with Crippen molar-refractivity contribution < 1.29 is 0 Å². The highest BCUT2D eigenvalue weighted by Crippen LogP contribution is 2.14. The molecular weight excluding hydrogens is 208 g/mol. The van der Waals surface area contributed by atoms with E-state index in [0.29, 0.717) is 6.04 Å². The monoisotopic (exact) mass is 228 g/mol. The van der Waals surface area contributed by atoms with Gasteiger partial charge in [0.1, 0.15) is 0 Å².